The van der Waals surface area contributed by atoms with Crippen LogP contribution in [-0.4, -0.2) is 37.1 Å². The molecule has 1 aliphatic heterocycles. The molecule has 0 radical (unpaired) electrons. The second kappa shape index (κ2) is 10.5. The normalized spacial score (nSPS) is 17.3. The van der Waals surface area contributed by atoms with Crippen LogP contribution in [0.1, 0.15) is 23.1 Å². The van der Waals surface area contributed by atoms with Crippen molar-refractivity contribution in [3.05, 3.63) is 73.3 Å². The lowest BCUT2D eigenvalue weighted by molar-refractivity contribution is -0.134. The van der Waals surface area contributed by atoms with E-state index in [1.54, 1.807) is 6.08 Å². The van der Waals surface area contributed by atoms with Crippen LogP contribution in [0.3, 0.4) is 0 Å². The molecule has 1 fully saturated rings. The highest BCUT2D eigenvalue weighted by Crippen LogP contribution is 2.22. The summed E-state index contributed by atoms with van der Waals surface area (Å²) in [6.45, 7) is 4.05. The number of hydrogen-bond acceptors (Lipinski definition) is 4. The van der Waals surface area contributed by atoms with E-state index < -0.39 is 0 Å². The Bertz CT molecular complexity index is 839. The van der Waals surface area contributed by atoms with Gasteiger partial charge in [-0.2, -0.15) is 0 Å². The molecule has 0 aromatic heterocycles. The van der Waals surface area contributed by atoms with Crippen molar-refractivity contribution >= 4 is 50.6 Å². The van der Waals surface area contributed by atoms with Gasteiger partial charge >= 0.3 is 5.97 Å². The Morgan fingerprint density at radius 3 is 2.75 bits per heavy atom. The number of nitrogens with zero attached hydrogens (tertiary/aromatic N) is 1. The summed E-state index contributed by atoms with van der Waals surface area (Å²) < 4.78 is 7.02. The number of carbonyl (C=O) groups excluding carboxylic acids is 1. The largest absolute Gasteiger partial charge is 0.466 e. The number of rotatable bonds is 7. The maximum Gasteiger partial charge on any atom is 0.330 e. The number of carbonyl (C=O) groups is 1. The first kappa shape index (κ1) is 21.5. The van der Waals surface area contributed by atoms with Gasteiger partial charge in [0.2, 0.25) is 0 Å². The quantitative estimate of drug-likeness (QED) is 0.308. The molecule has 1 atom stereocenters. The minimum Gasteiger partial charge on any atom is -0.466 e. The number of hydrogen-bond donors (Lipinski definition) is 1. The molecule has 0 amide bonds. The number of nitrogens with one attached hydrogen (secondary N) is 1. The zero-order valence-electron chi connectivity index (χ0n) is 15.8. The van der Waals surface area contributed by atoms with Gasteiger partial charge in [0.25, 0.3) is 0 Å². The molecule has 4 nitrogen and oxygen atoms in total. The lowest BCUT2D eigenvalue weighted by Gasteiger charge is -2.17. The van der Waals surface area contributed by atoms with Crippen LogP contribution in [0.4, 0.5) is 0 Å². The van der Waals surface area contributed by atoms with E-state index in [-0.39, 0.29) is 5.97 Å². The van der Waals surface area contributed by atoms with E-state index in [1.165, 1.54) is 38.8 Å². The van der Waals surface area contributed by atoms with E-state index >= 15 is 0 Å². The predicted octanol–water partition coefficient (Wildman–Crippen LogP) is 4.60. The third-order valence-corrected chi connectivity index (χ3v) is 7.19. The number of esters is 1. The fraction of sp³-hybridized carbons (Fsp3) is 0.318. The summed E-state index contributed by atoms with van der Waals surface area (Å²) in [5.74, 6) is -0.339. The van der Waals surface area contributed by atoms with E-state index in [0.717, 1.165) is 31.7 Å². The van der Waals surface area contributed by atoms with Gasteiger partial charge in [-0.15, -0.1) is 0 Å². The summed E-state index contributed by atoms with van der Waals surface area (Å²) in [6.07, 6.45) is 4.37. The van der Waals surface area contributed by atoms with Gasteiger partial charge in [-0.1, -0.05) is 30.3 Å². The van der Waals surface area contributed by atoms with Crippen molar-refractivity contribution < 1.29 is 9.53 Å². The van der Waals surface area contributed by atoms with E-state index in [1.807, 2.05) is 12.1 Å². The third-order valence-electron chi connectivity index (χ3n) is 4.85. The first-order valence-electron chi connectivity index (χ1n) is 9.28. The Balaban J connectivity index is 1.45. The second-order valence-electron chi connectivity index (χ2n) is 6.95. The minimum absolute atomic E-state index is 0.339. The van der Waals surface area contributed by atoms with Crippen molar-refractivity contribution in [3.63, 3.8) is 0 Å². The van der Waals surface area contributed by atoms with Crippen LogP contribution in [0, 0.1) is 3.57 Å². The van der Waals surface area contributed by atoms with Crippen LogP contribution in [0.25, 0.3) is 6.08 Å². The molecule has 0 bridgehead atoms. The van der Waals surface area contributed by atoms with E-state index in [9.17, 15) is 4.79 Å². The average Bonchev–Trinajstić information content (AvgIpc) is 3.15. The Labute approximate surface area is 188 Å². The van der Waals surface area contributed by atoms with Gasteiger partial charge in [0.05, 0.1) is 7.11 Å². The van der Waals surface area contributed by atoms with Gasteiger partial charge in [-0.05, 0) is 79.8 Å². The van der Waals surface area contributed by atoms with Gasteiger partial charge in [-0.3, -0.25) is 4.90 Å². The highest BCUT2D eigenvalue weighted by Gasteiger charge is 2.22. The number of ether oxygens (including phenoxy) is 1. The molecule has 0 spiro atoms. The van der Waals surface area contributed by atoms with Crippen molar-refractivity contribution in [2.45, 2.75) is 25.6 Å². The zero-order chi connectivity index (χ0) is 19.9. The van der Waals surface area contributed by atoms with Crippen molar-refractivity contribution in [1.29, 1.82) is 0 Å². The third kappa shape index (κ3) is 6.40. The number of methoxy groups -OCH3 is 1. The lowest BCUT2D eigenvalue weighted by atomic mass is 10.1. The monoisotopic (exact) mass is 554 g/mol. The van der Waals surface area contributed by atoms with Crippen LogP contribution in [0.5, 0.6) is 0 Å². The molecule has 0 saturated carbocycles. The first-order valence-corrected chi connectivity index (χ1v) is 11.2. The standard InChI is InChI=1S/C22H24BrIN2O2/c1-28-22(27)9-7-16-2-4-17(5-3-16)13-25-19-10-11-26(15-19)14-18-6-8-21(24)20(23)12-18/h2-9,12,19,25H,10-11,13-15H2,1H3/b9-7+/t19-/m0/s1. The zero-order valence-corrected chi connectivity index (χ0v) is 19.6. The molecule has 1 aliphatic rings. The van der Waals surface area contributed by atoms with Gasteiger partial charge in [0, 0.05) is 46.3 Å². The number of benzene rings is 2. The Morgan fingerprint density at radius 1 is 1.29 bits per heavy atom. The summed E-state index contributed by atoms with van der Waals surface area (Å²) in [5.41, 5.74) is 3.59. The smallest absolute Gasteiger partial charge is 0.330 e. The number of halogens is 2. The van der Waals surface area contributed by atoms with E-state index in [2.05, 4.69) is 83.8 Å². The van der Waals surface area contributed by atoms with Crippen molar-refractivity contribution in [3.8, 4) is 0 Å². The minimum atomic E-state index is -0.339. The van der Waals surface area contributed by atoms with Crippen molar-refractivity contribution in [2.75, 3.05) is 20.2 Å². The summed E-state index contributed by atoms with van der Waals surface area (Å²) >= 11 is 5.96. The fourth-order valence-electron chi connectivity index (χ4n) is 3.28. The fourth-order valence-corrected chi connectivity index (χ4v) is 4.04. The van der Waals surface area contributed by atoms with Crippen LogP contribution in [-0.2, 0) is 22.6 Å². The highest BCUT2D eigenvalue weighted by atomic mass is 127. The topological polar surface area (TPSA) is 41.6 Å². The predicted molar refractivity (Wildman–Crippen MR) is 125 cm³/mol. The van der Waals surface area contributed by atoms with Gasteiger partial charge in [-0.25, -0.2) is 4.79 Å². The molecule has 28 heavy (non-hydrogen) atoms. The van der Waals surface area contributed by atoms with Crippen LogP contribution in [0.15, 0.2) is 53.0 Å². The van der Waals surface area contributed by atoms with Gasteiger partial charge in [0.1, 0.15) is 0 Å². The van der Waals surface area contributed by atoms with Gasteiger partial charge < -0.3 is 10.1 Å². The van der Waals surface area contributed by atoms with Gasteiger partial charge in [0.15, 0.2) is 0 Å². The maximum absolute atomic E-state index is 11.1. The lowest BCUT2D eigenvalue weighted by Crippen LogP contribution is -2.31. The van der Waals surface area contributed by atoms with E-state index in [4.69, 9.17) is 0 Å². The van der Waals surface area contributed by atoms with Crippen LogP contribution in [0.2, 0.25) is 0 Å². The molecule has 2 aromatic rings. The molecule has 1 N–H and O–H groups in total. The second-order valence-corrected chi connectivity index (χ2v) is 8.96. The molecule has 3 rings (SSSR count). The molecule has 1 heterocycles. The average molecular weight is 555 g/mol. The Kier molecular flexibility index (Phi) is 8.08. The van der Waals surface area contributed by atoms with Crippen molar-refractivity contribution in [1.82, 2.24) is 10.2 Å². The molecule has 1 saturated heterocycles. The highest BCUT2D eigenvalue weighted by molar-refractivity contribution is 14.1. The molecule has 6 heteroatoms. The molecule has 148 valence electrons. The molecular formula is C22H24BrIN2O2. The van der Waals surface area contributed by atoms with Crippen molar-refractivity contribution in [2.24, 2.45) is 0 Å². The van der Waals surface area contributed by atoms with E-state index in [0.29, 0.717) is 6.04 Å². The summed E-state index contributed by atoms with van der Waals surface area (Å²) in [5, 5.41) is 3.67. The number of likely N-dealkylation sites (tertiary alicyclic amines) is 1. The molecular weight excluding hydrogens is 531 g/mol. The molecule has 0 aliphatic carbocycles. The summed E-state index contributed by atoms with van der Waals surface area (Å²) in [6, 6.07) is 15.3. The van der Waals surface area contributed by atoms with Crippen LogP contribution >= 0.6 is 38.5 Å². The Morgan fingerprint density at radius 2 is 2.04 bits per heavy atom. The summed E-state index contributed by atoms with van der Waals surface area (Å²) in [7, 11) is 1.38. The maximum atomic E-state index is 11.1. The first-order chi connectivity index (χ1) is 13.5. The Hall–Kier alpha value is -1.22. The van der Waals surface area contributed by atoms with Crippen LogP contribution < -0.4 is 5.32 Å². The molecule has 2 aromatic carbocycles. The SMILES string of the molecule is COC(=O)/C=C/c1ccc(CN[C@H]2CCN(Cc3ccc(I)c(Br)c3)C2)cc1. The molecule has 0 unspecified atom stereocenters. The summed E-state index contributed by atoms with van der Waals surface area (Å²) in [4.78, 5) is 13.7.